The first-order chi connectivity index (χ1) is 6.36. The van der Waals surface area contributed by atoms with Gasteiger partial charge < -0.3 is 10.2 Å². The van der Waals surface area contributed by atoms with Crippen molar-refractivity contribution in [2.24, 2.45) is 0 Å². The molecule has 1 aliphatic heterocycles. The van der Waals surface area contributed by atoms with Crippen molar-refractivity contribution >= 4 is 5.82 Å². The molecule has 2 rings (SSSR count). The van der Waals surface area contributed by atoms with Crippen molar-refractivity contribution in [3.05, 3.63) is 23.9 Å². The first-order valence-corrected chi connectivity index (χ1v) is 4.74. The van der Waals surface area contributed by atoms with Gasteiger partial charge in [0, 0.05) is 32.4 Å². The highest BCUT2D eigenvalue weighted by atomic mass is 15.2. The fourth-order valence-corrected chi connectivity index (χ4v) is 1.59. The predicted molar refractivity (Wildman–Crippen MR) is 60.8 cm³/mol. The third kappa shape index (κ3) is 2.45. The van der Waals surface area contributed by atoms with Gasteiger partial charge in [0.25, 0.3) is 0 Å². The Morgan fingerprint density at radius 2 is 2.07 bits per heavy atom. The largest absolute Gasteiger partial charge is 0.354 e. The SMILES string of the molecule is C.Cc1ccnc(N2CCNCC2)c1. The smallest absolute Gasteiger partial charge is 0.128 e. The topological polar surface area (TPSA) is 28.2 Å². The molecule has 1 saturated heterocycles. The van der Waals surface area contributed by atoms with E-state index in [1.54, 1.807) is 0 Å². The van der Waals surface area contributed by atoms with E-state index < -0.39 is 0 Å². The minimum absolute atomic E-state index is 0. The van der Waals surface area contributed by atoms with E-state index in [0.717, 1.165) is 32.0 Å². The van der Waals surface area contributed by atoms with Gasteiger partial charge in [0.05, 0.1) is 0 Å². The lowest BCUT2D eigenvalue weighted by atomic mass is 10.2. The molecule has 0 atom stereocenters. The van der Waals surface area contributed by atoms with Crippen molar-refractivity contribution in [1.29, 1.82) is 0 Å². The quantitative estimate of drug-likeness (QED) is 0.731. The summed E-state index contributed by atoms with van der Waals surface area (Å²) in [4.78, 5) is 6.68. The predicted octanol–water partition coefficient (Wildman–Crippen LogP) is 1.44. The molecule has 1 aromatic heterocycles. The van der Waals surface area contributed by atoms with Gasteiger partial charge in [-0.1, -0.05) is 7.43 Å². The Morgan fingerprint density at radius 3 is 2.71 bits per heavy atom. The highest BCUT2D eigenvalue weighted by Gasteiger charge is 2.10. The van der Waals surface area contributed by atoms with Crippen molar-refractivity contribution < 1.29 is 0 Å². The Kier molecular flexibility index (Phi) is 3.89. The minimum atomic E-state index is 0. The molecule has 14 heavy (non-hydrogen) atoms. The Labute approximate surface area is 86.2 Å². The van der Waals surface area contributed by atoms with Gasteiger partial charge in [-0.05, 0) is 24.6 Å². The number of aromatic nitrogens is 1. The summed E-state index contributed by atoms with van der Waals surface area (Å²) < 4.78 is 0. The molecule has 3 heteroatoms. The van der Waals surface area contributed by atoms with Crippen LogP contribution in [0, 0.1) is 6.92 Å². The molecule has 0 saturated carbocycles. The van der Waals surface area contributed by atoms with Crippen molar-refractivity contribution in [1.82, 2.24) is 10.3 Å². The zero-order valence-corrected chi connectivity index (χ0v) is 7.95. The highest BCUT2D eigenvalue weighted by molar-refractivity contribution is 5.41. The van der Waals surface area contributed by atoms with Crippen LogP contribution in [0.5, 0.6) is 0 Å². The summed E-state index contributed by atoms with van der Waals surface area (Å²) in [5.41, 5.74) is 1.28. The average molecular weight is 193 g/mol. The van der Waals surface area contributed by atoms with Crippen LogP contribution >= 0.6 is 0 Å². The van der Waals surface area contributed by atoms with Gasteiger partial charge in [-0.3, -0.25) is 0 Å². The van der Waals surface area contributed by atoms with E-state index in [-0.39, 0.29) is 7.43 Å². The van der Waals surface area contributed by atoms with Gasteiger partial charge in [0.15, 0.2) is 0 Å². The first-order valence-electron chi connectivity index (χ1n) is 4.74. The average Bonchev–Trinajstić information content (AvgIpc) is 2.19. The number of rotatable bonds is 1. The lowest BCUT2D eigenvalue weighted by Crippen LogP contribution is -2.43. The molecule has 0 bridgehead atoms. The van der Waals surface area contributed by atoms with E-state index in [1.165, 1.54) is 5.56 Å². The van der Waals surface area contributed by atoms with Crippen LogP contribution in [-0.4, -0.2) is 31.2 Å². The normalized spacial score (nSPS) is 16.2. The molecule has 0 unspecified atom stereocenters. The van der Waals surface area contributed by atoms with E-state index in [4.69, 9.17) is 0 Å². The Balaban J connectivity index is 0.000000980. The zero-order valence-electron chi connectivity index (χ0n) is 7.95. The Hall–Kier alpha value is -1.09. The standard InChI is InChI=1S/C10H15N3.CH4/c1-9-2-3-12-10(8-9)13-6-4-11-5-7-13;/h2-3,8,11H,4-7H2,1H3;1H4. The molecule has 3 nitrogen and oxygen atoms in total. The summed E-state index contributed by atoms with van der Waals surface area (Å²) >= 11 is 0. The van der Waals surface area contributed by atoms with Crippen molar-refractivity contribution in [3.63, 3.8) is 0 Å². The van der Waals surface area contributed by atoms with Crippen LogP contribution in [0.3, 0.4) is 0 Å². The number of anilines is 1. The molecular formula is C11H19N3. The fourth-order valence-electron chi connectivity index (χ4n) is 1.59. The second kappa shape index (κ2) is 4.96. The van der Waals surface area contributed by atoms with Gasteiger partial charge in [-0.25, -0.2) is 4.98 Å². The lowest BCUT2D eigenvalue weighted by molar-refractivity contribution is 0.585. The first kappa shape index (κ1) is 11.0. The molecule has 2 heterocycles. The van der Waals surface area contributed by atoms with Crippen molar-refractivity contribution in [2.75, 3.05) is 31.1 Å². The molecule has 0 radical (unpaired) electrons. The number of pyridine rings is 1. The molecule has 1 aromatic rings. The monoisotopic (exact) mass is 193 g/mol. The summed E-state index contributed by atoms with van der Waals surface area (Å²) in [6.07, 6.45) is 1.88. The molecule has 1 aliphatic rings. The van der Waals surface area contributed by atoms with Crippen LogP contribution in [-0.2, 0) is 0 Å². The highest BCUT2D eigenvalue weighted by Crippen LogP contribution is 2.11. The van der Waals surface area contributed by atoms with Crippen LogP contribution in [0.1, 0.15) is 13.0 Å². The van der Waals surface area contributed by atoms with E-state index >= 15 is 0 Å². The summed E-state index contributed by atoms with van der Waals surface area (Å²) in [6.45, 7) is 6.37. The third-order valence-corrected chi connectivity index (χ3v) is 2.34. The van der Waals surface area contributed by atoms with Crippen LogP contribution in [0.2, 0.25) is 0 Å². The van der Waals surface area contributed by atoms with Gasteiger partial charge in [-0.15, -0.1) is 0 Å². The van der Waals surface area contributed by atoms with Crippen LogP contribution in [0.25, 0.3) is 0 Å². The number of hydrogen-bond donors (Lipinski definition) is 1. The Morgan fingerprint density at radius 1 is 1.36 bits per heavy atom. The molecule has 0 aliphatic carbocycles. The van der Waals surface area contributed by atoms with Crippen LogP contribution in [0.15, 0.2) is 18.3 Å². The lowest BCUT2D eigenvalue weighted by Gasteiger charge is -2.28. The van der Waals surface area contributed by atoms with E-state index in [9.17, 15) is 0 Å². The van der Waals surface area contributed by atoms with E-state index in [1.807, 2.05) is 12.3 Å². The maximum Gasteiger partial charge on any atom is 0.128 e. The summed E-state index contributed by atoms with van der Waals surface area (Å²) in [5, 5.41) is 3.33. The summed E-state index contributed by atoms with van der Waals surface area (Å²) in [5.74, 6) is 1.11. The second-order valence-electron chi connectivity index (χ2n) is 3.43. The minimum Gasteiger partial charge on any atom is -0.354 e. The molecule has 0 amide bonds. The second-order valence-corrected chi connectivity index (χ2v) is 3.43. The number of piperazine rings is 1. The van der Waals surface area contributed by atoms with Gasteiger partial charge in [0.1, 0.15) is 5.82 Å². The maximum atomic E-state index is 4.36. The van der Waals surface area contributed by atoms with Crippen LogP contribution in [0.4, 0.5) is 5.82 Å². The molecule has 78 valence electrons. The maximum absolute atomic E-state index is 4.36. The number of nitrogens with one attached hydrogen (secondary N) is 1. The molecule has 1 N–H and O–H groups in total. The van der Waals surface area contributed by atoms with Crippen molar-refractivity contribution in [2.45, 2.75) is 14.4 Å². The van der Waals surface area contributed by atoms with E-state index in [2.05, 4.69) is 28.2 Å². The zero-order chi connectivity index (χ0) is 9.10. The molecular weight excluding hydrogens is 174 g/mol. The van der Waals surface area contributed by atoms with Gasteiger partial charge in [-0.2, -0.15) is 0 Å². The van der Waals surface area contributed by atoms with Crippen molar-refractivity contribution in [3.8, 4) is 0 Å². The van der Waals surface area contributed by atoms with E-state index in [0.29, 0.717) is 0 Å². The number of aryl methyl sites for hydroxylation is 1. The number of hydrogen-bond acceptors (Lipinski definition) is 3. The van der Waals surface area contributed by atoms with Crippen LogP contribution < -0.4 is 10.2 Å². The molecule has 0 spiro atoms. The number of nitrogens with zero attached hydrogens (tertiary/aromatic N) is 2. The Bertz CT molecular complexity index is 280. The third-order valence-electron chi connectivity index (χ3n) is 2.34. The fraction of sp³-hybridized carbons (Fsp3) is 0.545. The summed E-state index contributed by atoms with van der Waals surface area (Å²) in [6, 6.07) is 4.18. The molecule has 0 aromatic carbocycles. The van der Waals surface area contributed by atoms with Gasteiger partial charge in [0.2, 0.25) is 0 Å². The molecule has 1 fully saturated rings. The summed E-state index contributed by atoms with van der Waals surface area (Å²) in [7, 11) is 0. The van der Waals surface area contributed by atoms with Gasteiger partial charge >= 0.3 is 0 Å².